The van der Waals surface area contributed by atoms with Crippen LogP contribution in [-0.2, 0) is 11.3 Å². The van der Waals surface area contributed by atoms with Crippen molar-refractivity contribution in [1.29, 1.82) is 0 Å². The second-order valence-corrected chi connectivity index (χ2v) is 4.70. The number of nitrogen functional groups attached to an aromatic ring is 1. The molecule has 3 rings (SSSR count). The van der Waals surface area contributed by atoms with Crippen LogP contribution in [0.2, 0.25) is 0 Å². The molecule has 1 saturated heterocycles. The van der Waals surface area contributed by atoms with Crippen LogP contribution in [0.1, 0.15) is 12.8 Å². The molecule has 0 spiro atoms. The van der Waals surface area contributed by atoms with E-state index in [1.807, 2.05) is 18.2 Å². The Morgan fingerprint density at radius 1 is 1.33 bits per heavy atom. The molecule has 0 saturated carbocycles. The lowest BCUT2D eigenvalue weighted by molar-refractivity contribution is 0.0972. The third-order valence-electron chi connectivity index (χ3n) is 3.48. The van der Waals surface area contributed by atoms with Gasteiger partial charge >= 0.3 is 0 Å². The molecular weight excluding hydrogens is 228 g/mol. The summed E-state index contributed by atoms with van der Waals surface area (Å²) < 4.78 is 7.37. The van der Waals surface area contributed by atoms with Crippen molar-refractivity contribution in [2.75, 3.05) is 12.3 Å². The molecule has 2 N–H and O–H groups in total. The zero-order valence-corrected chi connectivity index (χ0v) is 10.1. The van der Waals surface area contributed by atoms with E-state index in [2.05, 4.69) is 0 Å². The van der Waals surface area contributed by atoms with Gasteiger partial charge in [-0.3, -0.25) is 4.79 Å². The van der Waals surface area contributed by atoms with Gasteiger partial charge in [0.25, 0.3) is 5.56 Å². The summed E-state index contributed by atoms with van der Waals surface area (Å²) in [7, 11) is 0. The van der Waals surface area contributed by atoms with Crippen LogP contribution in [0.5, 0.6) is 0 Å². The first-order chi connectivity index (χ1) is 8.75. The molecular formula is C14H16N2O2. The van der Waals surface area contributed by atoms with E-state index in [4.69, 9.17) is 10.5 Å². The lowest BCUT2D eigenvalue weighted by Gasteiger charge is -2.15. The average molecular weight is 244 g/mol. The minimum Gasteiger partial charge on any atom is -0.398 e. The molecule has 1 aromatic carbocycles. The van der Waals surface area contributed by atoms with Crippen LogP contribution in [0.25, 0.3) is 10.9 Å². The van der Waals surface area contributed by atoms with Crippen molar-refractivity contribution in [3.05, 3.63) is 40.7 Å². The fraction of sp³-hybridized carbons (Fsp3) is 0.357. The van der Waals surface area contributed by atoms with Gasteiger partial charge in [-0.1, -0.05) is 6.07 Å². The maximum atomic E-state index is 12.0. The number of benzene rings is 1. The zero-order valence-electron chi connectivity index (χ0n) is 10.1. The summed E-state index contributed by atoms with van der Waals surface area (Å²) in [6, 6.07) is 9.03. The van der Waals surface area contributed by atoms with Gasteiger partial charge in [-0.05, 0) is 31.0 Å². The number of pyridine rings is 1. The zero-order chi connectivity index (χ0) is 12.5. The van der Waals surface area contributed by atoms with Gasteiger partial charge in [-0.15, -0.1) is 0 Å². The number of aromatic nitrogens is 1. The van der Waals surface area contributed by atoms with E-state index in [-0.39, 0.29) is 11.7 Å². The molecule has 1 aliphatic heterocycles. The number of fused-ring (bicyclic) bond motifs is 1. The van der Waals surface area contributed by atoms with E-state index in [0.717, 1.165) is 30.4 Å². The number of hydrogen-bond donors (Lipinski definition) is 1. The fourth-order valence-corrected chi connectivity index (χ4v) is 2.53. The van der Waals surface area contributed by atoms with Crippen LogP contribution < -0.4 is 11.3 Å². The highest BCUT2D eigenvalue weighted by molar-refractivity contribution is 5.90. The summed E-state index contributed by atoms with van der Waals surface area (Å²) in [5.41, 5.74) is 7.53. The molecule has 1 aromatic heterocycles. The summed E-state index contributed by atoms with van der Waals surface area (Å²) in [5, 5.41) is 0.926. The van der Waals surface area contributed by atoms with Crippen molar-refractivity contribution in [3.63, 3.8) is 0 Å². The molecule has 0 aliphatic carbocycles. The van der Waals surface area contributed by atoms with Gasteiger partial charge in [0.15, 0.2) is 0 Å². The van der Waals surface area contributed by atoms with Gasteiger partial charge in [0.2, 0.25) is 0 Å². The van der Waals surface area contributed by atoms with Crippen LogP contribution in [0.4, 0.5) is 5.69 Å². The quantitative estimate of drug-likeness (QED) is 0.819. The second kappa shape index (κ2) is 4.46. The van der Waals surface area contributed by atoms with E-state index in [0.29, 0.717) is 12.2 Å². The van der Waals surface area contributed by atoms with Crippen LogP contribution in [0, 0.1) is 0 Å². The molecule has 4 heteroatoms. The first kappa shape index (κ1) is 11.3. The fourth-order valence-electron chi connectivity index (χ4n) is 2.53. The molecule has 0 bridgehead atoms. The molecule has 1 atom stereocenters. The Morgan fingerprint density at radius 2 is 2.22 bits per heavy atom. The second-order valence-electron chi connectivity index (χ2n) is 4.70. The Balaban J connectivity index is 2.11. The molecule has 1 unspecified atom stereocenters. The standard InChI is InChI=1S/C14H16N2O2/c15-12-4-1-5-13-11(12)6-7-14(17)16(13)9-10-3-2-8-18-10/h1,4-7,10H,2-3,8-9,15H2. The maximum absolute atomic E-state index is 12.0. The molecule has 0 amide bonds. The molecule has 2 aromatic rings. The maximum Gasteiger partial charge on any atom is 0.251 e. The lowest BCUT2D eigenvalue weighted by Crippen LogP contribution is -2.26. The van der Waals surface area contributed by atoms with Crippen molar-refractivity contribution in [1.82, 2.24) is 4.57 Å². The summed E-state index contributed by atoms with van der Waals surface area (Å²) in [6.07, 6.45) is 2.24. The first-order valence-electron chi connectivity index (χ1n) is 6.25. The molecule has 4 nitrogen and oxygen atoms in total. The third kappa shape index (κ3) is 1.88. The van der Waals surface area contributed by atoms with Crippen molar-refractivity contribution in [3.8, 4) is 0 Å². The van der Waals surface area contributed by atoms with Gasteiger partial charge in [0, 0.05) is 23.7 Å². The molecule has 1 aliphatic rings. The Kier molecular flexibility index (Phi) is 2.80. The first-order valence-corrected chi connectivity index (χ1v) is 6.25. The smallest absolute Gasteiger partial charge is 0.251 e. The van der Waals surface area contributed by atoms with Gasteiger partial charge in [0.05, 0.1) is 18.2 Å². The molecule has 0 radical (unpaired) electrons. The number of hydrogen-bond acceptors (Lipinski definition) is 3. The molecule has 18 heavy (non-hydrogen) atoms. The van der Waals surface area contributed by atoms with Crippen LogP contribution in [0.3, 0.4) is 0 Å². The monoisotopic (exact) mass is 244 g/mol. The Morgan fingerprint density at radius 3 is 3.00 bits per heavy atom. The molecule has 2 heterocycles. The Labute approximate surface area is 105 Å². The topological polar surface area (TPSA) is 57.2 Å². The van der Waals surface area contributed by atoms with E-state index < -0.39 is 0 Å². The summed E-state index contributed by atoms with van der Waals surface area (Å²) in [6.45, 7) is 1.41. The summed E-state index contributed by atoms with van der Waals surface area (Å²) in [5.74, 6) is 0. The van der Waals surface area contributed by atoms with Gasteiger partial charge in [-0.2, -0.15) is 0 Å². The highest BCUT2D eigenvalue weighted by atomic mass is 16.5. The average Bonchev–Trinajstić information content (AvgIpc) is 2.86. The number of rotatable bonds is 2. The summed E-state index contributed by atoms with van der Waals surface area (Å²) >= 11 is 0. The highest BCUT2D eigenvalue weighted by Crippen LogP contribution is 2.21. The minimum absolute atomic E-state index is 0.00333. The summed E-state index contributed by atoms with van der Waals surface area (Å²) in [4.78, 5) is 12.0. The Bertz CT molecular complexity index is 627. The predicted molar refractivity (Wildman–Crippen MR) is 71.6 cm³/mol. The van der Waals surface area contributed by atoms with Crippen LogP contribution >= 0.6 is 0 Å². The minimum atomic E-state index is 0.00333. The van der Waals surface area contributed by atoms with Gasteiger partial charge < -0.3 is 15.0 Å². The SMILES string of the molecule is Nc1cccc2c1ccc(=O)n2CC1CCCO1. The molecule has 94 valence electrons. The third-order valence-corrected chi connectivity index (χ3v) is 3.48. The van der Waals surface area contributed by atoms with Crippen molar-refractivity contribution < 1.29 is 4.74 Å². The van der Waals surface area contributed by atoms with E-state index in [1.54, 1.807) is 16.7 Å². The van der Waals surface area contributed by atoms with Gasteiger partial charge in [-0.25, -0.2) is 0 Å². The largest absolute Gasteiger partial charge is 0.398 e. The normalized spacial score (nSPS) is 19.4. The molecule has 1 fully saturated rings. The van der Waals surface area contributed by atoms with E-state index >= 15 is 0 Å². The van der Waals surface area contributed by atoms with E-state index in [1.165, 1.54) is 0 Å². The van der Waals surface area contributed by atoms with Crippen molar-refractivity contribution in [2.45, 2.75) is 25.5 Å². The number of nitrogens with zero attached hydrogens (tertiary/aromatic N) is 1. The lowest BCUT2D eigenvalue weighted by atomic mass is 10.1. The highest BCUT2D eigenvalue weighted by Gasteiger charge is 2.17. The van der Waals surface area contributed by atoms with E-state index in [9.17, 15) is 4.79 Å². The van der Waals surface area contributed by atoms with Crippen molar-refractivity contribution >= 4 is 16.6 Å². The van der Waals surface area contributed by atoms with Crippen LogP contribution in [0.15, 0.2) is 35.1 Å². The van der Waals surface area contributed by atoms with Crippen molar-refractivity contribution in [2.24, 2.45) is 0 Å². The number of ether oxygens (including phenoxy) is 1. The Hall–Kier alpha value is -1.81. The predicted octanol–water partition coefficient (Wildman–Crippen LogP) is 1.76. The van der Waals surface area contributed by atoms with Gasteiger partial charge in [0.1, 0.15) is 0 Å². The number of nitrogens with two attached hydrogens (primary N) is 1. The van der Waals surface area contributed by atoms with Crippen LogP contribution in [-0.4, -0.2) is 17.3 Å². The number of anilines is 1.